The summed E-state index contributed by atoms with van der Waals surface area (Å²) in [6.07, 6.45) is -3.41. The van der Waals surface area contributed by atoms with Crippen LogP contribution in [-0.2, 0) is 15.9 Å². The number of alkyl halides is 3. The molecule has 4 nitrogen and oxygen atoms in total. The molecule has 4 rings (SSSR count). The van der Waals surface area contributed by atoms with Gasteiger partial charge in [0.05, 0.1) is 25.4 Å². The van der Waals surface area contributed by atoms with Crippen LogP contribution >= 0.6 is 0 Å². The Kier molecular flexibility index (Phi) is 4.97. The average molecular weight is 379 g/mol. The van der Waals surface area contributed by atoms with Crippen LogP contribution in [0.2, 0.25) is 0 Å². The first-order valence-corrected chi connectivity index (χ1v) is 8.86. The number of hydrogen-bond acceptors (Lipinski definition) is 4. The Morgan fingerprint density at radius 3 is 1.78 bits per heavy atom. The highest BCUT2D eigenvalue weighted by Crippen LogP contribution is 2.25. The topological polar surface area (TPSA) is 37.5 Å². The van der Waals surface area contributed by atoms with Crippen LogP contribution in [0.15, 0.2) is 48.5 Å². The van der Waals surface area contributed by atoms with E-state index in [1.165, 1.54) is 12.1 Å². The van der Waals surface area contributed by atoms with Gasteiger partial charge in [-0.05, 0) is 41.8 Å². The minimum absolute atomic E-state index is 0.207. The molecule has 0 N–H and O–H groups in total. The number of benzene rings is 2. The third kappa shape index (κ3) is 5.61. The summed E-state index contributed by atoms with van der Waals surface area (Å²) >= 11 is 0. The molecule has 27 heavy (non-hydrogen) atoms. The molecule has 2 fully saturated rings. The van der Waals surface area contributed by atoms with E-state index in [-0.39, 0.29) is 5.75 Å². The predicted octanol–water partition coefficient (Wildman–Crippen LogP) is 3.78. The highest BCUT2D eigenvalue weighted by atomic mass is 19.4. The molecule has 0 spiro atoms. The monoisotopic (exact) mass is 379 g/mol. The van der Waals surface area contributed by atoms with Gasteiger partial charge in [0.2, 0.25) is 0 Å². The van der Waals surface area contributed by atoms with Crippen molar-refractivity contribution in [3.63, 3.8) is 0 Å². The molecule has 2 aliphatic rings. The standard InChI is InChI=1S/C20H20F3NO3/c21-20(22,23)27-17-7-3-15(4-8-17)9-14-1-5-16(6-2-14)24(10-18-12-25-18)11-19-13-26-19/h1-8,18-19H,9-13H2. The molecule has 2 saturated heterocycles. The van der Waals surface area contributed by atoms with Crippen LogP contribution in [0.4, 0.5) is 18.9 Å². The summed E-state index contributed by atoms with van der Waals surface area (Å²) in [5.74, 6) is -0.207. The first kappa shape index (κ1) is 18.1. The first-order chi connectivity index (χ1) is 12.9. The minimum atomic E-state index is -4.67. The van der Waals surface area contributed by atoms with Crippen molar-refractivity contribution in [1.29, 1.82) is 0 Å². The summed E-state index contributed by atoms with van der Waals surface area (Å²) in [5, 5.41) is 0. The average Bonchev–Trinajstić information content (AvgIpc) is 3.52. The number of ether oxygens (including phenoxy) is 3. The summed E-state index contributed by atoms with van der Waals surface area (Å²) in [4.78, 5) is 2.28. The maximum atomic E-state index is 12.2. The van der Waals surface area contributed by atoms with Gasteiger partial charge in [0.15, 0.2) is 0 Å². The zero-order valence-corrected chi connectivity index (χ0v) is 14.6. The highest BCUT2D eigenvalue weighted by molar-refractivity contribution is 5.49. The molecule has 0 aromatic heterocycles. The van der Waals surface area contributed by atoms with E-state index in [2.05, 4.69) is 21.8 Å². The van der Waals surface area contributed by atoms with E-state index in [0.717, 1.165) is 43.1 Å². The fourth-order valence-electron chi connectivity index (χ4n) is 2.99. The molecular weight excluding hydrogens is 359 g/mol. The molecular formula is C20H20F3NO3. The molecule has 0 saturated carbocycles. The van der Waals surface area contributed by atoms with Crippen molar-refractivity contribution in [2.45, 2.75) is 25.0 Å². The van der Waals surface area contributed by atoms with E-state index in [9.17, 15) is 13.2 Å². The molecule has 7 heteroatoms. The van der Waals surface area contributed by atoms with Crippen LogP contribution in [-0.4, -0.2) is 44.9 Å². The van der Waals surface area contributed by atoms with Gasteiger partial charge >= 0.3 is 6.36 Å². The second-order valence-corrected chi connectivity index (χ2v) is 6.85. The molecule has 0 bridgehead atoms. The summed E-state index contributed by atoms with van der Waals surface area (Å²) in [6.45, 7) is 3.35. The lowest BCUT2D eigenvalue weighted by atomic mass is 10.0. The lowest BCUT2D eigenvalue weighted by molar-refractivity contribution is -0.274. The Morgan fingerprint density at radius 1 is 0.852 bits per heavy atom. The Balaban J connectivity index is 1.38. The number of anilines is 1. The molecule has 0 radical (unpaired) electrons. The lowest BCUT2D eigenvalue weighted by Gasteiger charge is -2.23. The molecule has 2 aromatic carbocycles. The Bertz CT molecular complexity index is 740. The van der Waals surface area contributed by atoms with Gasteiger partial charge in [-0.1, -0.05) is 24.3 Å². The van der Waals surface area contributed by atoms with Crippen LogP contribution in [0.25, 0.3) is 0 Å². The first-order valence-electron chi connectivity index (χ1n) is 8.86. The van der Waals surface area contributed by atoms with Gasteiger partial charge in [-0.25, -0.2) is 0 Å². The number of rotatable bonds is 8. The maximum Gasteiger partial charge on any atom is 0.573 e. The summed E-state index contributed by atoms with van der Waals surface area (Å²) in [6, 6.07) is 14.2. The van der Waals surface area contributed by atoms with E-state index < -0.39 is 6.36 Å². The molecule has 2 aromatic rings. The van der Waals surface area contributed by atoms with Crippen molar-refractivity contribution < 1.29 is 27.4 Å². The van der Waals surface area contributed by atoms with Crippen molar-refractivity contribution in [3.05, 3.63) is 59.7 Å². The second kappa shape index (κ2) is 7.40. The number of epoxide rings is 2. The van der Waals surface area contributed by atoms with Crippen LogP contribution in [0.5, 0.6) is 5.75 Å². The second-order valence-electron chi connectivity index (χ2n) is 6.85. The van der Waals surface area contributed by atoms with Gasteiger partial charge in [0, 0.05) is 18.8 Å². The van der Waals surface area contributed by atoms with Crippen molar-refractivity contribution in [2.24, 2.45) is 0 Å². The highest BCUT2D eigenvalue weighted by Gasteiger charge is 2.31. The minimum Gasteiger partial charge on any atom is -0.406 e. The van der Waals surface area contributed by atoms with E-state index in [1.807, 2.05) is 12.1 Å². The summed E-state index contributed by atoms with van der Waals surface area (Å²) in [5.41, 5.74) is 3.14. The van der Waals surface area contributed by atoms with E-state index in [0.29, 0.717) is 18.6 Å². The van der Waals surface area contributed by atoms with E-state index >= 15 is 0 Å². The molecule has 2 heterocycles. The van der Waals surface area contributed by atoms with Gasteiger partial charge in [-0.3, -0.25) is 0 Å². The third-order valence-electron chi connectivity index (χ3n) is 4.52. The summed E-state index contributed by atoms with van der Waals surface area (Å²) < 4.78 is 51.2. The largest absolute Gasteiger partial charge is 0.573 e. The fourth-order valence-corrected chi connectivity index (χ4v) is 2.99. The quantitative estimate of drug-likeness (QED) is 0.655. The zero-order chi connectivity index (χ0) is 18.9. The molecule has 2 atom stereocenters. The van der Waals surface area contributed by atoms with Crippen molar-refractivity contribution in [2.75, 3.05) is 31.2 Å². The Morgan fingerprint density at radius 2 is 1.33 bits per heavy atom. The zero-order valence-electron chi connectivity index (χ0n) is 14.6. The molecule has 144 valence electrons. The summed E-state index contributed by atoms with van der Waals surface area (Å²) in [7, 11) is 0. The third-order valence-corrected chi connectivity index (χ3v) is 4.52. The molecule has 2 aliphatic heterocycles. The van der Waals surface area contributed by atoms with E-state index in [1.54, 1.807) is 12.1 Å². The molecule has 2 unspecified atom stereocenters. The van der Waals surface area contributed by atoms with Gasteiger partial charge in [-0.2, -0.15) is 0 Å². The smallest absolute Gasteiger partial charge is 0.406 e. The predicted molar refractivity (Wildman–Crippen MR) is 94.1 cm³/mol. The SMILES string of the molecule is FC(F)(F)Oc1ccc(Cc2ccc(N(CC3CO3)CC3CO3)cc2)cc1. The maximum absolute atomic E-state index is 12.2. The number of nitrogens with zero attached hydrogens (tertiary/aromatic N) is 1. The number of hydrogen-bond donors (Lipinski definition) is 0. The fraction of sp³-hybridized carbons (Fsp3) is 0.400. The van der Waals surface area contributed by atoms with Gasteiger partial charge in [-0.15, -0.1) is 13.2 Å². The normalized spacial score (nSPS) is 21.0. The van der Waals surface area contributed by atoms with Gasteiger partial charge in [0.1, 0.15) is 5.75 Å². The van der Waals surface area contributed by atoms with Gasteiger partial charge in [0.25, 0.3) is 0 Å². The van der Waals surface area contributed by atoms with Gasteiger partial charge < -0.3 is 19.1 Å². The molecule has 0 aliphatic carbocycles. The van der Waals surface area contributed by atoms with Crippen LogP contribution in [0.3, 0.4) is 0 Å². The van der Waals surface area contributed by atoms with Crippen molar-refractivity contribution in [1.82, 2.24) is 0 Å². The van der Waals surface area contributed by atoms with Crippen molar-refractivity contribution >= 4 is 5.69 Å². The Labute approximate surface area is 155 Å². The number of halogens is 3. The van der Waals surface area contributed by atoms with Crippen molar-refractivity contribution in [3.8, 4) is 5.75 Å². The Hall–Kier alpha value is -2.25. The van der Waals surface area contributed by atoms with Crippen LogP contribution in [0, 0.1) is 0 Å². The lowest BCUT2D eigenvalue weighted by Crippen LogP contribution is -2.31. The molecule has 0 amide bonds. The van der Waals surface area contributed by atoms with Crippen LogP contribution in [0.1, 0.15) is 11.1 Å². The van der Waals surface area contributed by atoms with Crippen LogP contribution < -0.4 is 9.64 Å². The van der Waals surface area contributed by atoms with E-state index in [4.69, 9.17) is 9.47 Å².